The molecule has 1 aliphatic rings. The summed E-state index contributed by atoms with van der Waals surface area (Å²) in [7, 11) is 0. The molecule has 1 unspecified atom stereocenters. The fourth-order valence-corrected chi connectivity index (χ4v) is 4.79. The minimum absolute atomic E-state index is 0.0133. The third-order valence-electron chi connectivity index (χ3n) is 6.57. The van der Waals surface area contributed by atoms with Gasteiger partial charge in [0.15, 0.2) is 5.82 Å². The number of nitrogens with zero attached hydrogens (tertiary/aromatic N) is 4. The SMILES string of the molecule is CC1CN(c2cnc(C(=N)c3ccnc(N)c3Cl)c(N)n2)CC[C@]1(CN)c1ccccc1F. The quantitative estimate of drug-likeness (QED) is 0.421. The highest BCUT2D eigenvalue weighted by molar-refractivity contribution is 6.37. The lowest BCUT2D eigenvalue weighted by atomic mass is 9.66. The summed E-state index contributed by atoms with van der Waals surface area (Å²) >= 11 is 6.20. The molecule has 3 aromatic rings. The first-order valence-electron chi connectivity index (χ1n) is 10.6. The van der Waals surface area contributed by atoms with Gasteiger partial charge in [-0.05, 0) is 30.0 Å². The van der Waals surface area contributed by atoms with Crippen LogP contribution in [0.25, 0.3) is 0 Å². The van der Waals surface area contributed by atoms with Crippen LogP contribution < -0.4 is 22.1 Å². The molecular formula is C23H26ClFN8. The number of rotatable bonds is 5. The van der Waals surface area contributed by atoms with Crippen LogP contribution >= 0.6 is 11.6 Å². The predicted octanol–water partition coefficient (Wildman–Crippen LogP) is 2.99. The second kappa shape index (κ2) is 8.92. The lowest BCUT2D eigenvalue weighted by Gasteiger charge is -2.47. The summed E-state index contributed by atoms with van der Waals surface area (Å²) in [6.45, 7) is 3.65. The number of nitrogens with one attached hydrogen (secondary N) is 1. The zero-order valence-electron chi connectivity index (χ0n) is 18.2. The Hall–Kier alpha value is -3.30. The van der Waals surface area contributed by atoms with Crippen molar-refractivity contribution in [2.75, 3.05) is 36.0 Å². The Morgan fingerprint density at radius 2 is 2.00 bits per heavy atom. The summed E-state index contributed by atoms with van der Waals surface area (Å²) in [5, 5.41) is 8.65. The van der Waals surface area contributed by atoms with Crippen molar-refractivity contribution in [1.82, 2.24) is 15.0 Å². The normalized spacial score (nSPS) is 20.6. The number of hydrogen-bond acceptors (Lipinski definition) is 8. The summed E-state index contributed by atoms with van der Waals surface area (Å²) in [5.74, 6) is 0.665. The van der Waals surface area contributed by atoms with Crippen LogP contribution in [0.4, 0.5) is 21.8 Å². The molecule has 7 N–H and O–H groups in total. The van der Waals surface area contributed by atoms with E-state index in [1.165, 1.54) is 12.3 Å². The van der Waals surface area contributed by atoms with Gasteiger partial charge in [-0.3, -0.25) is 5.41 Å². The van der Waals surface area contributed by atoms with Crippen molar-refractivity contribution in [2.24, 2.45) is 11.7 Å². The Kier molecular flexibility index (Phi) is 6.18. The topological polar surface area (TPSA) is 144 Å². The van der Waals surface area contributed by atoms with E-state index < -0.39 is 5.41 Å². The molecule has 3 heterocycles. The lowest BCUT2D eigenvalue weighted by Crippen LogP contribution is -2.53. The van der Waals surface area contributed by atoms with E-state index in [1.807, 2.05) is 12.1 Å². The van der Waals surface area contributed by atoms with Gasteiger partial charge in [-0.15, -0.1) is 0 Å². The second-order valence-corrected chi connectivity index (χ2v) is 8.71. The first kappa shape index (κ1) is 22.9. The number of hydrogen-bond donors (Lipinski definition) is 4. The Labute approximate surface area is 196 Å². The van der Waals surface area contributed by atoms with Crippen molar-refractivity contribution in [3.63, 3.8) is 0 Å². The van der Waals surface area contributed by atoms with Gasteiger partial charge in [-0.2, -0.15) is 0 Å². The molecular weight excluding hydrogens is 443 g/mol. The minimum Gasteiger partial charge on any atom is -0.382 e. The number of nitrogen functional groups attached to an aromatic ring is 2. The average Bonchev–Trinajstić information content (AvgIpc) is 2.81. The number of aromatic nitrogens is 3. The summed E-state index contributed by atoms with van der Waals surface area (Å²) in [4.78, 5) is 14.9. The summed E-state index contributed by atoms with van der Waals surface area (Å²) in [6.07, 6.45) is 3.72. The molecule has 10 heteroatoms. The Balaban J connectivity index is 1.58. The molecule has 2 aromatic heterocycles. The van der Waals surface area contributed by atoms with Crippen molar-refractivity contribution in [3.05, 3.63) is 70.4 Å². The third-order valence-corrected chi connectivity index (χ3v) is 6.97. The number of halogens is 2. The highest BCUT2D eigenvalue weighted by Crippen LogP contribution is 2.41. The molecule has 0 spiro atoms. The molecule has 0 saturated carbocycles. The number of benzene rings is 1. The van der Waals surface area contributed by atoms with Crippen molar-refractivity contribution in [1.29, 1.82) is 5.41 Å². The predicted molar refractivity (Wildman–Crippen MR) is 129 cm³/mol. The molecule has 0 aliphatic carbocycles. The van der Waals surface area contributed by atoms with E-state index in [0.29, 0.717) is 43.0 Å². The highest BCUT2D eigenvalue weighted by atomic mass is 35.5. The third kappa shape index (κ3) is 3.98. The maximum Gasteiger partial charge on any atom is 0.154 e. The standard InChI is InChI=1S/C23H26ClFN8/c1-13-11-33(9-7-23(13,12-26)15-4-2-3-5-16(15)25)17-10-31-20(22(29)32-17)19(27)14-6-8-30-21(28)18(14)24/h2-6,8,10,13,27H,7,9,11-12,26H2,1H3,(H2,28,30)(H2,29,32)/t13?,23-/m1/s1. The van der Waals surface area contributed by atoms with Crippen LogP contribution in [-0.4, -0.2) is 40.3 Å². The minimum atomic E-state index is -0.457. The number of piperidine rings is 1. The van der Waals surface area contributed by atoms with Gasteiger partial charge in [0, 0.05) is 36.8 Å². The summed E-state index contributed by atoms with van der Waals surface area (Å²) in [5.41, 5.74) is 18.9. The Morgan fingerprint density at radius 3 is 2.67 bits per heavy atom. The molecule has 0 amide bonds. The monoisotopic (exact) mass is 468 g/mol. The van der Waals surface area contributed by atoms with Gasteiger partial charge in [0.1, 0.15) is 23.1 Å². The fourth-order valence-electron chi connectivity index (χ4n) is 4.58. The van der Waals surface area contributed by atoms with Gasteiger partial charge in [0.25, 0.3) is 0 Å². The van der Waals surface area contributed by atoms with Crippen molar-refractivity contribution in [2.45, 2.75) is 18.8 Å². The van der Waals surface area contributed by atoms with Crippen LogP contribution in [0.2, 0.25) is 5.02 Å². The lowest BCUT2D eigenvalue weighted by molar-refractivity contribution is 0.236. The van der Waals surface area contributed by atoms with Crippen LogP contribution in [0.1, 0.15) is 30.2 Å². The van der Waals surface area contributed by atoms with Gasteiger partial charge in [0.05, 0.1) is 16.9 Å². The van der Waals surface area contributed by atoms with Gasteiger partial charge in [-0.25, -0.2) is 19.3 Å². The molecule has 2 atom stereocenters. The van der Waals surface area contributed by atoms with Gasteiger partial charge in [0.2, 0.25) is 0 Å². The fraction of sp³-hybridized carbons (Fsp3) is 0.304. The molecule has 172 valence electrons. The number of nitrogens with two attached hydrogens (primary N) is 3. The Bertz CT molecular complexity index is 1200. The maximum atomic E-state index is 14.6. The van der Waals surface area contributed by atoms with E-state index >= 15 is 0 Å². The molecule has 0 radical (unpaired) electrons. The van der Waals surface area contributed by atoms with E-state index in [2.05, 4.69) is 26.8 Å². The average molecular weight is 469 g/mol. The van der Waals surface area contributed by atoms with Crippen molar-refractivity contribution >= 4 is 34.8 Å². The molecule has 1 aliphatic heterocycles. The van der Waals surface area contributed by atoms with Crippen molar-refractivity contribution in [3.8, 4) is 0 Å². The summed E-state index contributed by atoms with van der Waals surface area (Å²) < 4.78 is 14.6. The largest absolute Gasteiger partial charge is 0.382 e. The van der Waals surface area contributed by atoms with Crippen LogP contribution in [0.5, 0.6) is 0 Å². The molecule has 1 aromatic carbocycles. The highest BCUT2D eigenvalue weighted by Gasteiger charge is 2.43. The second-order valence-electron chi connectivity index (χ2n) is 8.33. The number of anilines is 3. The van der Waals surface area contributed by atoms with Gasteiger partial charge < -0.3 is 22.1 Å². The van der Waals surface area contributed by atoms with E-state index in [1.54, 1.807) is 18.3 Å². The van der Waals surface area contributed by atoms with Crippen LogP contribution in [0.3, 0.4) is 0 Å². The molecule has 0 bridgehead atoms. The Morgan fingerprint density at radius 1 is 1.24 bits per heavy atom. The van der Waals surface area contributed by atoms with Gasteiger partial charge in [-0.1, -0.05) is 36.7 Å². The molecule has 4 rings (SSSR count). The van der Waals surface area contributed by atoms with Crippen LogP contribution in [0, 0.1) is 17.1 Å². The van der Waals surface area contributed by atoms with Gasteiger partial charge >= 0.3 is 0 Å². The molecule has 8 nitrogen and oxygen atoms in total. The molecule has 33 heavy (non-hydrogen) atoms. The first-order chi connectivity index (χ1) is 15.8. The van der Waals surface area contributed by atoms with E-state index in [9.17, 15) is 4.39 Å². The molecule has 1 fully saturated rings. The first-order valence-corrected chi connectivity index (χ1v) is 11.0. The zero-order valence-corrected chi connectivity index (χ0v) is 19.0. The van der Waals surface area contributed by atoms with Crippen LogP contribution in [0.15, 0.2) is 42.7 Å². The number of pyridine rings is 1. The van der Waals surface area contributed by atoms with Crippen LogP contribution in [-0.2, 0) is 5.41 Å². The smallest absolute Gasteiger partial charge is 0.154 e. The van der Waals surface area contributed by atoms with E-state index in [-0.39, 0.29) is 39.8 Å². The zero-order chi connectivity index (χ0) is 23.8. The molecule has 1 saturated heterocycles. The summed E-state index contributed by atoms with van der Waals surface area (Å²) in [6, 6.07) is 8.42. The van der Waals surface area contributed by atoms with E-state index in [4.69, 9.17) is 34.2 Å². The maximum absolute atomic E-state index is 14.6. The van der Waals surface area contributed by atoms with E-state index in [0.717, 1.165) is 0 Å². The van der Waals surface area contributed by atoms with Crippen molar-refractivity contribution < 1.29 is 4.39 Å².